The van der Waals surface area contributed by atoms with Gasteiger partial charge in [0.15, 0.2) is 6.61 Å². The van der Waals surface area contributed by atoms with Crippen molar-refractivity contribution in [1.82, 2.24) is 9.88 Å². The van der Waals surface area contributed by atoms with Gasteiger partial charge in [0.1, 0.15) is 0 Å². The zero-order valence-corrected chi connectivity index (χ0v) is 23.3. The number of hydrogen-bond acceptors (Lipinski definition) is 6. The highest BCUT2D eigenvalue weighted by Crippen LogP contribution is 2.25. The van der Waals surface area contributed by atoms with Crippen molar-refractivity contribution < 1.29 is 23.9 Å². The van der Waals surface area contributed by atoms with Crippen molar-refractivity contribution in [2.75, 3.05) is 26.1 Å². The Morgan fingerprint density at radius 2 is 1.73 bits per heavy atom. The molecule has 3 rings (SSSR count). The first-order chi connectivity index (χ1) is 17.8. The number of thioether (sulfide) groups is 1. The maximum absolute atomic E-state index is 12.9. The molecule has 1 saturated carbocycles. The van der Waals surface area contributed by atoms with E-state index in [2.05, 4.69) is 9.88 Å². The first-order valence-electron chi connectivity index (χ1n) is 13.2. The molecule has 0 radical (unpaired) electrons. The lowest BCUT2D eigenvalue weighted by molar-refractivity contribution is -0.119. The molecule has 0 aliphatic heterocycles. The molecule has 1 aromatic heterocycles. The molecule has 1 amide bonds. The molecule has 7 nitrogen and oxygen atoms in total. The topological polar surface area (TPSA) is 86.6 Å². The highest BCUT2D eigenvalue weighted by Gasteiger charge is 2.21. The number of amides is 1. The number of carbonyl (C=O) groups is 3. The number of nitrogens with one attached hydrogen (secondary N) is 1. The van der Waals surface area contributed by atoms with Gasteiger partial charge in [0, 0.05) is 35.0 Å². The number of hydrogen-bond donors (Lipinski definition) is 1. The molecule has 0 saturated heterocycles. The molecule has 0 bridgehead atoms. The number of ether oxygens (including phenoxy) is 2. The van der Waals surface area contributed by atoms with E-state index in [1.165, 1.54) is 31.0 Å². The third-order valence-electron chi connectivity index (χ3n) is 6.90. The molecule has 8 heteroatoms. The smallest absolute Gasteiger partial charge is 0.339 e. The zero-order valence-electron chi connectivity index (χ0n) is 22.5. The van der Waals surface area contributed by atoms with Crippen molar-refractivity contribution in [1.29, 1.82) is 0 Å². The molecule has 2 aromatic rings. The number of aromatic nitrogens is 1. The highest BCUT2D eigenvalue weighted by molar-refractivity contribution is 8.00. The number of Topliss-reactive ketones (excluding diaryl/α,β-unsaturated/α-hetero) is 1. The van der Waals surface area contributed by atoms with Crippen LogP contribution in [0.4, 0.5) is 0 Å². The van der Waals surface area contributed by atoms with Crippen LogP contribution in [0.1, 0.15) is 90.0 Å². The van der Waals surface area contributed by atoms with Crippen molar-refractivity contribution >= 4 is 29.4 Å². The molecule has 1 atom stereocenters. The number of nitrogens with zero attached hydrogens (tertiary/aromatic N) is 1. The molecule has 1 aromatic carbocycles. The molecule has 1 aliphatic rings. The molecule has 0 spiro atoms. The van der Waals surface area contributed by atoms with Gasteiger partial charge in [0.25, 0.3) is 0 Å². The minimum absolute atomic E-state index is 0.0213. The van der Waals surface area contributed by atoms with Gasteiger partial charge < -0.3 is 19.4 Å². The number of benzene rings is 1. The maximum atomic E-state index is 12.9. The van der Waals surface area contributed by atoms with Crippen molar-refractivity contribution in [3.05, 3.63) is 52.8 Å². The number of methoxy groups -OCH3 is 1. The summed E-state index contributed by atoms with van der Waals surface area (Å²) in [5.41, 5.74) is 2.69. The summed E-state index contributed by atoms with van der Waals surface area (Å²) in [5.74, 6) is -0.614. The highest BCUT2D eigenvalue weighted by atomic mass is 32.2. The Labute approximate surface area is 224 Å². The van der Waals surface area contributed by atoms with Gasteiger partial charge in [-0.3, -0.25) is 9.59 Å². The number of rotatable bonds is 11. The van der Waals surface area contributed by atoms with E-state index in [0.717, 1.165) is 37.1 Å². The first kappa shape index (κ1) is 29.0. The average molecular weight is 529 g/mol. The second kappa shape index (κ2) is 14.4. The van der Waals surface area contributed by atoms with Crippen molar-refractivity contribution in [3.8, 4) is 0 Å². The fourth-order valence-corrected chi connectivity index (χ4v) is 5.97. The Balaban J connectivity index is 1.56. The van der Waals surface area contributed by atoms with Crippen LogP contribution in [0, 0.1) is 13.8 Å². The molecule has 202 valence electrons. The van der Waals surface area contributed by atoms with E-state index in [-0.39, 0.29) is 36.1 Å². The lowest BCUT2D eigenvalue weighted by Crippen LogP contribution is -2.36. The number of aryl methyl sites for hydroxylation is 1. The van der Waals surface area contributed by atoms with Gasteiger partial charge in [0.05, 0.1) is 24.0 Å². The fraction of sp³-hybridized carbons (Fsp3) is 0.552. The van der Waals surface area contributed by atoms with Crippen LogP contribution in [0.2, 0.25) is 0 Å². The summed E-state index contributed by atoms with van der Waals surface area (Å²) in [4.78, 5) is 39.0. The van der Waals surface area contributed by atoms with Crippen molar-refractivity contribution in [2.24, 2.45) is 0 Å². The normalized spacial score (nSPS) is 15.5. The zero-order chi connectivity index (χ0) is 26.8. The molecule has 1 N–H and O–H groups in total. The van der Waals surface area contributed by atoms with Crippen LogP contribution >= 0.6 is 11.8 Å². The first-order valence-corrected chi connectivity index (χ1v) is 14.2. The van der Waals surface area contributed by atoms with Crippen LogP contribution in [0.25, 0.3) is 0 Å². The summed E-state index contributed by atoms with van der Waals surface area (Å²) in [6, 6.07) is 9.20. The summed E-state index contributed by atoms with van der Waals surface area (Å²) >= 11 is 1.31. The molecule has 1 unspecified atom stereocenters. The van der Waals surface area contributed by atoms with Gasteiger partial charge >= 0.3 is 5.97 Å². The summed E-state index contributed by atoms with van der Waals surface area (Å²) < 4.78 is 12.7. The number of ketones is 1. The van der Waals surface area contributed by atoms with E-state index in [0.29, 0.717) is 22.6 Å². The summed E-state index contributed by atoms with van der Waals surface area (Å²) in [7, 11) is 1.65. The van der Waals surface area contributed by atoms with E-state index in [1.807, 2.05) is 32.9 Å². The van der Waals surface area contributed by atoms with Crippen LogP contribution in [-0.4, -0.2) is 54.3 Å². The predicted octanol–water partition coefficient (Wildman–Crippen LogP) is 5.67. The second-order valence-electron chi connectivity index (χ2n) is 9.85. The third kappa shape index (κ3) is 8.20. The van der Waals surface area contributed by atoms with Gasteiger partial charge in [-0.25, -0.2) is 4.79 Å². The summed E-state index contributed by atoms with van der Waals surface area (Å²) in [5, 5.41) is 3.16. The fourth-order valence-electron chi connectivity index (χ4n) is 5.11. The molecule has 1 fully saturated rings. The van der Waals surface area contributed by atoms with E-state index < -0.39 is 5.97 Å². The Bertz CT molecular complexity index is 1070. The minimum Gasteiger partial charge on any atom is -0.454 e. The summed E-state index contributed by atoms with van der Waals surface area (Å²) in [6.45, 7) is 6.06. The molecule has 1 aliphatic carbocycles. The summed E-state index contributed by atoms with van der Waals surface area (Å²) in [6.07, 6.45) is 8.12. The van der Waals surface area contributed by atoms with E-state index in [4.69, 9.17) is 9.47 Å². The molecular weight excluding hydrogens is 488 g/mol. The lowest BCUT2D eigenvalue weighted by atomic mass is 9.97. The number of esters is 1. The van der Waals surface area contributed by atoms with Gasteiger partial charge in [-0.2, -0.15) is 0 Å². The number of carbonyl (C=O) groups excluding carboxylic acids is 3. The maximum Gasteiger partial charge on any atom is 0.339 e. The van der Waals surface area contributed by atoms with Gasteiger partial charge in [0.2, 0.25) is 11.7 Å². The lowest BCUT2D eigenvalue weighted by Gasteiger charge is -2.21. The predicted molar refractivity (Wildman–Crippen MR) is 147 cm³/mol. The minimum atomic E-state index is -0.571. The van der Waals surface area contributed by atoms with Crippen molar-refractivity contribution in [2.45, 2.75) is 82.7 Å². The molecule has 1 heterocycles. The molecule has 37 heavy (non-hydrogen) atoms. The van der Waals surface area contributed by atoms with E-state index in [1.54, 1.807) is 25.3 Å². The van der Waals surface area contributed by atoms with Crippen LogP contribution in [0.15, 0.2) is 35.2 Å². The Kier molecular flexibility index (Phi) is 11.3. The third-order valence-corrected chi connectivity index (χ3v) is 7.98. The second-order valence-corrected chi connectivity index (χ2v) is 10.9. The Morgan fingerprint density at radius 1 is 1.05 bits per heavy atom. The van der Waals surface area contributed by atoms with E-state index in [9.17, 15) is 14.4 Å². The van der Waals surface area contributed by atoms with Gasteiger partial charge in [-0.1, -0.05) is 44.2 Å². The van der Waals surface area contributed by atoms with Crippen LogP contribution in [0.5, 0.6) is 0 Å². The van der Waals surface area contributed by atoms with Crippen LogP contribution in [0.3, 0.4) is 0 Å². The standard InChI is InChI=1S/C29H40N2O5S/c1-20-16-25(22(3)31(20)21(2)17-35-4)26(32)18-36-29(34)24-14-10-11-15-27(24)37-19-28(33)30-23-12-8-6-5-7-9-13-23/h10-11,14-16,21,23H,5-9,12-13,17-19H2,1-4H3,(H,30,33). The quantitative estimate of drug-likeness (QED) is 0.230. The van der Waals surface area contributed by atoms with Crippen molar-refractivity contribution in [3.63, 3.8) is 0 Å². The molecular formula is C29H40N2O5S. The Morgan fingerprint density at radius 3 is 2.43 bits per heavy atom. The average Bonchev–Trinajstić information content (AvgIpc) is 3.16. The van der Waals surface area contributed by atoms with Crippen LogP contribution < -0.4 is 5.32 Å². The van der Waals surface area contributed by atoms with Gasteiger partial charge in [-0.15, -0.1) is 11.8 Å². The van der Waals surface area contributed by atoms with E-state index >= 15 is 0 Å². The Hall–Kier alpha value is -2.58. The monoisotopic (exact) mass is 528 g/mol. The van der Waals surface area contributed by atoms with Gasteiger partial charge in [-0.05, 0) is 51.8 Å². The SMILES string of the molecule is COCC(C)n1c(C)cc(C(=O)COC(=O)c2ccccc2SCC(=O)NC2CCCCCCC2)c1C. The largest absolute Gasteiger partial charge is 0.454 e. The van der Waals surface area contributed by atoms with Crippen LogP contribution in [-0.2, 0) is 14.3 Å².